The van der Waals surface area contributed by atoms with Crippen molar-refractivity contribution in [1.29, 1.82) is 0 Å². The summed E-state index contributed by atoms with van der Waals surface area (Å²) in [5, 5.41) is 5.55. The van der Waals surface area contributed by atoms with E-state index in [1.807, 2.05) is 0 Å². The van der Waals surface area contributed by atoms with E-state index < -0.39 is 161 Å². The number of halogens is 2. The van der Waals surface area contributed by atoms with Gasteiger partial charge in [-0.2, -0.15) is 0 Å². The minimum absolute atomic E-state index is 0.00261. The van der Waals surface area contributed by atoms with Gasteiger partial charge >= 0.3 is 18.3 Å². The molecule has 0 radical (unpaired) electrons. The Labute approximate surface area is 482 Å². The zero-order valence-corrected chi connectivity index (χ0v) is 48.1. The number of benzene rings is 2. The molecule has 4 heterocycles. The first-order valence-electron chi connectivity index (χ1n) is 27.5. The molecule has 8 aliphatic rings. The Bertz CT molecular complexity index is 3430. The standard InChI is InChI=1S/C55H65F2N9O16S2/c1-7-31-19-54(31,48(71)61-83(76,77)35-13-14-35)60-47(70)42-17-34(25-66(42)44(68)21-58-50(73)82-53(4,5)6)81-52(75)64-23-30-12-15-36(45(57)39(30)27-64)37-18-43(37)84(78,79)62-49(72)55(20-32(55)8-2)59-46(69)41-16-33(24-65(41)28(3)67)80-51(74)63-22-29-10-9-11-40(56)38(29)26-63/h7-12,15,31-35,37,41-43H,1-2,13-14,16-27H2,3-6H3,(H,58,73)(H,59,69)(H,60,70)(H,61,71)(H,62,72)/t31-,32-,33-,34-,37?,41+,42+,43+,54-,55-/m1/s1. The molecule has 0 spiro atoms. The Balaban J connectivity index is 0.754. The number of alkyl carbamates (subject to hydrolysis) is 1. The molecule has 4 saturated carbocycles. The van der Waals surface area contributed by atoms with E-state index in [4.69, 9.17) is 14.2 Å². The molecule has 1 unspecified atom stereocenters. The largest absolute Gasteiger partial charge is 0.444 e. The third-order valence-corrected chi connectivity index (χ3v) is 20.4. The van der Waals surface area contributed by atoms with Crippen molar-refractivity contribution < 1.29 is 83.0 Å². The summed E-state index contributed by atoms with van der Waals surface area (Å²) in [6, 6.07) is 4.80. The number of carbonyl (C=O) groups is 9. The average molecular weight is 1210 g/mol. The van der Waals surface area contributed by atoms with Crippen LogP contribution in [-0.2, 0) is 89.2 Å². The Morgan fingerprint density at radius 3 is 1.74 bits per heavy atom. The zero-order valence-electron chi connectivity index (χ0n) is 46.4. The van der Waals surface area contributed by atoms with E-state index in [9.17, 15) is 64.4 Å². The van der Waals surface area contributed by atoms with Crippen LogP contribution >= 0.6 is 0 Å². The van der Waals surface area contributed by atoms with Crippen molar-refractivity contribution in [3.63, 3.8) is 0 Å². The molecule has 0 bridgehead atoms. The summed E-state index contributed by atoms with van der Waals surface area (Å²) in [7, 11) is -8.56. The molecule has 10 rings (SSSR count). The van der Waals surface area contributed by atoms with Gasteiger partial charge in [0.25, 0.3) is 11.8 Å². The molecule has 9 amide bonds. The van der Waals surface area contributed by atoms with E-state index in [1.54, 1.807) is 26.8 Å². The van der Waals surface area contributed by atoms with Gasteiger partial charge in [-0.05, 0) is 75.6 Å². The SMILES string of the molecule is C=C[C@@H]1C[C@]1(NC(=O)[C@@H]1C[C@@H](OC(=O)N2Cc3cccc(F)c3C2)CN1C(C)=O)C(=O)NS(=O)(=O)[C@H]1CC1c1ccc2c(c1F)CN(C(=O)O[C@@H]1C[C@@H](C(=O)N[C@]3(C(=O)NS(=O)(=O)C4CC4)C[C@H]3C=C)N(C(=O)CNC(=O)OC(C)(C)C)C1)C2. The van der Waals surface area contributed by atoms with Crippen LogP contribution in [0.2, 0.25) is 0 Å². The van der Waals surface area contributed by atoms with E-state index in [0.717, 1.165) is 9.80 Å². The Morgan fingerprint density at radius 2 is 1.23 bits per heavy atom. The summed E-state index contributed by atoms with van der Waals surface area (Å²) in [4.78, 5) is 126. The van der Waals surface area contributed by atoms with Crippen molar-refractivity contribution in [3.05, 3.63) is 95.1 Å². The first kappa shape index (κ1) is 59.5. The second kappa shape index (κ2) is 21.7. The van der Waals surface area contributed by atoms with Gasteiger partial charge < -0.3 is 40.0 Å². The fourth-order valence-corrected chi connectivity index (χ4v) is 14.8. The van der Waals surface area contributed by atoms with Crippen molar-refractivity contribution in [1.82, 2.24) is 45.0 Å². The normalized spacial score (nSPS) is 28.2. The molecule has 452 valence electrons. The second-order valence-electron chi connectivity index (χ2n) is 23.8. The van der Waals surface area contributed by atoms with Gasteiger partial charge in [0.05, 0.1) is 36.7 Å². The van der Waals surface area contributed by atoms with Crippen LogP contribution in [0.15, 0.2) is 55.6 Å². The smallest absolute Gasteiger partial charge is 0.410 e. The maximum absolute atomic E-state index is 16.6. The van der Waals surface area contributed by atoms with Gasteiger partial charge in [-0.1, -0.05) is 36.4 Å². The van der Waals surface area contributed by atoms with Gasteiger partial charge in [0.15, 0.2) is 0 Å². The fourth-order valence-electron chi connectivity index (χ4n) is 11.8. The van der Waals surface area contributed by atoms with E-state index >= 15 is 4.39 Å². The number of hydrogen-bond donors (Lipinski definition) is 5. The molecule has 4 aliphatic heterocycles. The fraction of sp³-hybridized carbons (Fsp3) is 0.545. The number of ether oxygens (including phenoxy) is 3. The zero-order chi connectivity index (χ0) is 60.7. The van der Waals surface area contributed by atoms with Gasteiger partial charge in [0.1, 0.15) is 59.1 Å². The molecule has 5 N–H and O–H groups in total. The summed E-state index contributed by atoms with van der Waals surface area (Å²) >= 11 is 0. The Hall–Kier alpha value is -7.69. The number of hydrogen-bond acceptors (Lipinski definition) is 16. The van der Waals surface area contributed by atoms with Gasteiger partial charge in [0.2, 0.25) is 43.7 Å². The number of rotatable bonds is 17. The van der Waals surface area contributed by atoms with Crippen molar-refractivity contribution in [2.24, 2.45) is 11.8 Å². The van der Waals surface area contributed by atoms with Crippen LogP contribution in [0.25, 0.3) is 0 Å². The lowest BCUT2D eigenvalue weighted by molar-refractivity contribution is -0.139. The highest BCUT2D eigenvalue weighted by molar-refractivity contribution is 7.91. The third kappa shape index (κ3) is 11.8. The number of amides is 9. The van der Waals surface area contributed by atoms with Crippen molar-refractivity contribution >= 4 is 73.8 Å². The maximum Gasteiger partial charge on any atom is 0.410 e. The molecular weight excluding hydrogens is 1140 g/mol. The minimum Gasteiger partial charge on any atom is -0.444 e. The van der Waals surface area contributed by atoms with Crippen LogP contribution in [0.5, 0.6) is 0 Å². The Morgan fingerprint density at radius 1 is 0.702 bits per heavy atom. The molecule has 6 fully saturated rings. The van der Waals surface area contributed by atoms with E-state index in [2.05, 4.69) is 38.6 Å². The van der Waals surface area contributed by atoms with Crippen molar-refractivity contribution in [2.75, 3.05) is 19.6 Å². The van der Waals surface area contributed by atoms with Crippen molar-refractivity contribution in [3.8, 4) is 0 Å². The third-order valence-electron chi connectivity index (χ3n) is 16.8. The quantitative estimate of drug-likeness (QED) is 0.112. The summed E-state index contributed by atoms with van der Waals surface area (Å²) < 4.78 is 105. The highest BCUT2D eigenvalue weighted by Crippen LogP contribution is 2.50. The second-order valence-corrected chi connectivity index (χ2v) is 27.7. The summed E-state index contributed by atoms with van der Waals surface area (Å²) in [5.41, 5.74) is -3.02. The average Bonchev–Trinajstić information content (AvgIpc) is 2.16. The van der Waals surface area contributed by atoms with Gasteiger partial charge in [0, 0.05) is 61.7 Å². The number of fused-ring (bicyclic) bond motifs is 2. The highest BCUT2D eigenvalue weighted by Gasteiger charge is 2.64. The maximum atomic E-state index is 16.6. The monoisotopic (exact) mass is 1210 g/mol. The molecule has 4 aliphatic carbocycles. The van der Waals surface area contributed by atoms with Crippen LogP contribution in [0.3, 0.4) is 0 Å². The van der Waals surface area contributed by atoms with Gasteiger partial charge in [-0.15, -0.1) is 13.2 Å². The number of likely N-dealkylation sites (tertiary alicyclic amines) is 2. The lowest BCUT2D eigenvalue weighted by atomic mass is 10.0. The van der Waals surface area contributed by atoms with E-state index in [-0.39, 0.29) is 82.5 Å². The number of nitrogens with zero attached hydrogens (tertiary/aromatic N) is 4. The van der Waals surface area contributed by atoms with E-state index in [0.29, 0.717) is 29.5 Å². The lowest BCUT2D eigenvalue weighted by Gasteiger charge is -2.27. The molecule has 2 saturated heterocycles. The molecule has 0 aromatic heterocycles. The van der Waals surface area contributed by atoms with E-state index in [1.165, 1.54) is 53.1 Å². The lowest BCUT2D eigenvalue weighted by Crippen LogP contribution is -2.57. The number of carbonyl (C=O) groups excluding carboxylic acids is 9. The predicted molar refractivity (Wildman–Crippen MR) is 289 cm³/mol. The van der Waals surface area contributed by atoms with Gasteiger partial charge in [-0.25, -0.2) is 40.0 Å². The molecular formula is C55H65F2N9O16S2. The van der Waals surface area contributed by atoms with Crippen LogP contribution in [0, 0.1) is 23.5 Å². The summed E-state index contributed by atoms with van der Waals surface area (Å²) in [6.45, 7) is 11.9. The number of nitrogens with one attached hydrogen (secondary N) is 5. The minimum atomic E-state index is -4.54. The predicted octanol–water partition coefficient (Wildman–Crippen LogP) is 2.09. The molecule has 29 heteroatoms. The van der Waals surface area contributed by atoms with Crippen LogP contribution < -0.4 is 25.4 Å². The molecule has 10 atom stereocenters. The first-order chi connectivity index (χ1) is 39.5. The van der Waals surface area contributed by atoms with Crippen LogP contribution in [0.4, 0.5) is 23.2 Å². The molecule has 2 aromatic carbocycles. The van der Waals surface area contributed by atoms with Gasteiger partial charge in [-0.3, -0.25) is 48.0 Å². The highest BCUT2D eigenvalue weighted by atomic mass is 32.2. The van der Waals surface area contributed by atoms with Crippen LogP contribution in [-0.4, -0.2) is 161 Å². The molecule has 84 heavy (non-hydrogen) atoms. The van der Waals surface area contributed by atoms with Crippen LogP contribution in [0.1, 0.15) is 106 Å². The molecule has 2 aromatic rings. The van der Waals surface area contributed by atoms with Crippen molar-refractivity contribution in [2.45, 2.75) is 156 Å². The summed E-state index contributed by atoms with van der Waals surface area (Å²) in [6.07, 6.45) is -1.88. The molecule has 25 nitrogen and oxygen atoms in total. The first-order valence-corrected chi connectivity index (χ1v) is 30.6. The topological polar surface area (TPSA) is 323 Å². The number of sulfonamides is 2. The summed E-state index contributed by atoms with van der Waals surface area (Å²) in [5.74, 6) is -8.66. The Kier molecular flexibility index (Phi) is 15.4.